The summed E-state index contributed by atoms with van der Waals surface area (Å²) in [5, 5.41) is 19.7. The number of rotatable bonds is 12. The van der Waals surface area contributed by atoms with Crippen LogP contribution in [0.1, 0.15) is 65.8 Å². The van der Waals surface area contributed by atoms with Crippen molar-refractivity contribution in [3.05, 3.63) is 65.0 Å². The number of nitrogens with two attached hydrogens (primary N) is 1. The summed E-state index contributed by atoms with van der Waals surface area (Å²) in [6.07, 6.45) is -0.590. The predicted molar refractivity (Wildman–Crippen MR) is 163 cm³/mol. The summed E-state index contributed by atoms with van der Waals surface area (Å²) < 4.78 is 49.9. The minimum Gasteiger partial charge on any atom is -0.491 e. The van der Waals surface area contributed by atoms with Crippen LogP contribution in [0, 0.1) is 5.92 Å². The van der Waals surface area contributed by atoms with E-state index < -0.39 is 23.7 Å². The van der Waals surface area contributed by atoms with E-state index in [4.69, 9.17) is 20.2 Å². The predicted octanol–water partition coefficient (Wildman–Crippen LogP) is 4.06. The third kappa shape index (κ3) is 5.88. The molecule has 0 bridgehead atoms. The fourth-order valence-corrected chi connectivity index (χ4v) is 5.99. The van der Waals surface area contributed by atoms with E-state index in [-0.39, 0.29) is 54.1 Å². The molecule has 0 saturated heterocycles. The van der Waals surface area contributed by atoms with E-state index in [9.17, 15) is 23.5 Å². The second-order valence-corrected chi connectivity index (χ2v) is 12.1. The number of carbonyl (C=O) groups is 2. The van der Waals surface area contributed by atoms with Crippen LogP contribution in [-0.2, 0) is 16.8 Å². The zero-order chi connectivity index (χ0) is 33.1. The van der Waals surface area contributed by atoms with Crippen LogP contribution in [0.4, 0.5) is 8.78 Å². The van der Waals surface area contributed by atoms with Crippen LogP contribution in [0.25, 0.3) is 16.8 Å². The van der Waals surface area contributed by atoms with Gasteiger partial charge in [-0.05, 0) is 74.9 Å². The van der Waals surface area contributed by atoms with Gasteiger partial charge in [-0.3, -0.25) is 9.59 Å². The molecule has 0 radical (unpaired) electrons. The lowest BCUT2D eigenvalue weighted by Gasteiger charge is -2.30. The maximum atomic E-state index is 13.8. The number of aliphatic hydroxyl groups is 1. The lowest BCUT2D eigenvalue weighted by molar-refractivity contribution is -0.286. The fourth-order valence-electron chi connectivity index (χ4n) is 5.99. The average molecular weight is 650 g/mol. The van der Waals surface area contributed by atoms with Gasteiger partial charge in [0.1, 0.15) is 17.0 Å². The van der Waals surface area contributed by atoms with Crippen LogP contribution in [0.2, 0.25) is 0 Å². The van der Waals surface area contributed by atoms with Crippen LogP contribution in [0.5, 0.6) is 23.1 Å². The number of alkyl halides is 2. The summed E-state index contributed by atoms with van der Waals surface area (Å²) in [6, 6.07) is 10.9. The molecule has 1 aliphatic heterocycles. The maximum Gasteiger partial charge on any atom is 0.586 e. The molecule has 1 atom stereocenters. The normalized spacial score (nSPS) is 17.7. The summed E-state index contributed by atoms with van der Waals surface area (Å²) in [6.45, 7) is 1.73. The van der Waals surface area contributed by atoms with Crippen molar-refractivity contribution >= 4 is 17.3 Å². The van der Waals surface area contributed by atoms with Gasteiger partial charge in [0, 0.05) is 28.7 Å². The first kappa shape index (κ1) is 30.7. The molecule has 2 saturated carbocycles. The largest absolute Gasteiger partial charge is 0.586 e. The molecule has 12 nitrogen and oxygen atoms in total. The molecule has 2 amide bonds. The Morgan fingerprint density at radius 1 is 1.13 bits per heavy atom. The number of fused-ring (bicyclic) bond motifs is 2. The number of ether oxygens (including phenoxy) is 4. The van der Waals surface area contributed by atoms with Crippen molar-refractivity contribution in [2.75, 3.05) is 20.3 Å². The summed E-state index contributed by atoms with van der Waals surface area (Å²) in [5.74, 6) is -0.714. The number of halogens is 2. The van der Waals surface area contributed by atoms with E-state index in [2.05, 4.69) is 19.9 Å². The standard InChI is InChI=1S/C33H33F2N5O7/c1-3-45-30-19(13-27(36)41)12-26(38-29(30)18-6-9-24-25(11-18)47-33(34,35)46-24)32(43,21-7-8-21)16-37-31(42)20-10-22-15-23(17-4-5-17)39-40(22)28(14-20)44-2/h6,9-12,14-15,17,21,43H,3-5,7-8,13,16H2,1-2H3,(H2,36,41)(H,37,42)/t32-/m1/s1. The number of methoxy groups -OCH3 is 1. The van der Waals surface area contributed by atoms with Crippen LogP contribution in [-0.4, -0.2) is 58.1 Å². The van der Waals surface area contributed by atoms with Crippen LogP contribution >= 0.6 is 0 Å². The van der Waals surface area contributed by atoms with Crippen molar-refractivity contribution in [3.63, 3.8) is 0 Å². The Labute approximate surface area is 267 Å². The second-order valence-electron chi connectivity index (χ2n) is 12.1. The smallest absolute Gasteiger partial charge is 0.491 e. The summed E-state index contributed by atoms with van der Waals surface area (Å²) in [4.78, 5) is 30.5. The van der Waals surface area contributed by atoms with Crippen LogP contribution in [0.3, 0.4) is 0 Å². The van der Waals surface area contributed by atoms with Crippen molar-refractivity contribution in [1.29, 1.82) is 0 Å². The van der Waals surface area contributed by atoms with Crippen molar-refractivity contribution in [1.82, 2.24) is 19.9 Å². The van der Waals surface area contributed by atoms with E-state index in [1.54, 1.807) is 29.6 Å². The topological polar surface area (TPSA) is 160 Å². The zero-order valence-corrected chi connectivity index (χ0v) is 25.7. The Balaban J connectivity index is 1.24. The summed E-state index contributed by atoms with van der Waals surface area (Å²) >= 11 is 0. The highest BCUT2D eigenvalue weighted by atomic mass is 19.3. The lowest BCUT2D eigenvalue weighted by atomic mass is 9.90. The second kappa shape index (κ2) is 11.4. The first-order chi connectivity index (χ1) is 22.5. The monoisotopic (exact) mass is 649 g/mol. The van der Waals surface area contributed by atoms with Gasteiger partial charge in [0.2, 0.25) is 11.8 Å². The number of nitrogens with zero attached hydrogens (tertiary/aromatic N) is 3. The molecule has 4 heterocycles. The number of primary amides is 1. The molecule has 14 heteroatoms. The first-order valence-electron chi connectivity index (χ1n) is 15.4. The van der Waals surface area contributed by atoms with Gasteiger partial charge in [-0.25, -0.2) is 9.50 Å². The van der Waals surface area contributed by atoms with E-state index in [0.717, 1.165) is 18.5 Å². The van der Waals surface area contributed by atoms with E-state index >= 15 is 0 Å². The lowest BCUT2D eigenvalue weighted by Crippen LogP contribution is -2.43. The van der Waals surface area contributed by atoms with Gasteiger partial charge in [0.15, 0.2) is 11.5 Å². The minimum atomic E-state index is -3.83. The number of pyridine rings is 2. The number of amides is 2. The molecule has 2 aliphatic carbocycles. The van der Waals surface area contributed by atoms with Crippen molar-refractivity contribution in [3.8, 4) is 34.4 Å². The Bertz CT molecular complexity index is 1910. The number of benzene rings is 1. The van der Waals surface area contributed by atoms with Crippen LogP contribution < -0.4 is 30.0 Å². The Morgan fingerprint density at radius 3 is 2.57 bits per heavy atom. The van der Waals surface area contributed by atoms with Gasteiger partial charge < -0.3 is 35.1 Å². The van der Waals surface area contributed by atoms with Crippen LogP contribution in [0.15, 0.2) is 42.5 Å². The molecule has 246 valence electrons. The number of aromatic nitrogens is 3. The van der Waals surface area contributed by atoms with E-state index in [0.29, 0.717) is 46.8 Å². The quantitative estimate of drug-likeness (QED) is 0.206. The average Bonchev–Trinajstić information content (AvgIpc) is 3.97. The molecular weight excluding hydrogens is 616 g/mol. The number of nitrogens with one attached hydrogen (secondary N) is 1. The third-order valence-corrected chi connectivity index (χ3v) is 8.61. The molecule has 3 aromatic heterocycles. The van der Waals surface area contributed by atoms with Crippen molar-refractivity contribution < 1.29 is 42.4 Å². The molecule has 0 unspecified atom stereocenters. The zero-order valence-electron chi connectivity index (χ0n) is 25.7. The number of hydrogen-bond acceptors (Lipinski definition) is 9. The van der Waals surface area contributed by atoms with Gasteiger partial charge in [-0.1, -0.05) is 0 Å². The maximum absolute atomic E-state index is 13.8. The molecule has 7 rings (SSSR count). The molecule has 47 heavy (non-hydrogen) atoms. The minimum absolute atomic E-state index is 0.156. The van der Waals surface area contributed by atoms with Gasteiger partial charge in [0.05, 0.1) is 43.6 Å². The Morgan fingerprint density at radius 2 is 1.89 bits per heavy atom. The fraction of sp³-hybridized carbons (Fsp3) is 0.394. The van der Waals surface area contributed by atoms with Gasteiger partial charge in [0.25, 0.3) is 5.91 Å². The summed E-state index contributed by atoms with van der Waals surface area (Å²) in [5.41, 5.74) is 6.91. The highest BCUT2D eigenvalue weighted by Crippen LogP contribution is 2.48. The van der Waals surface area contributed by atoms with Crippen molar-refractivity contribution in [2.24, 2.45) is 11.7 Å². The molecular formula is C33H33F2N5O7. The first-order valence-corrected chi connectivity index (χ1v) is 15.4. The molecule has 1 aromatic carbocycles. The van der Waals surface area contributed by atoms with Crippen molar-refractivity contribution in [2.45, 2.75) is 56.8 Å². The van der Waals surface area contributed by atoms with E-state index in [1.165, 1.54) is 25.3 Å². The van der Waals surface area contributed by atoms with E-state index in [1.807, 2.05) is 6.07 Å². The SMILES string of the molecule is CCOc1c(CC(N)=O)cc([C@@](O)(CNC(=O)c2cc(OC)n3nc(C4CC4)cc3c2)C2CC2)nc1-c1ccc2c(c1)OC(F)(F)O2. The van der Waals surface area contributed by atoms with Gasteiger partial charge in [-0.15, -0.1) is 8.78 Å². The van der Waals surface area contributed by atoms with Gasteiger partial charge in [-0.2, -0.15) is 5.10 Å². The Hall–Kier alpha value is -4.98. The molecule has 0 spiro atoms. The highest BCUT2D eigenvalue weighted by molar-refractivity contribution is 5.95. The number of carbonyl (C=O) groups excluding carboxylic acids is 2. The molecule has 4 aromatic rings. The Kier molecular flexibility index (Phi) is 7.42. The molecule has 3 aliphatic rings. The molecule has 2 fully saturated rings. The van der Waals surface area contributed by atoms with Gasteiger partial charge >= 0.3 is 6.29 Å². The summed E-state index contributed by atoms with van der Waals surface area (Å²) in [7, 11) is 1.51. The molecule has 4 N–H and O–H groups in total. The number of hydrogen-bond donors (Lipinski definition) is 3. The highest BCUT2D eigenvalue weighted by Gasteiger charge is 2.47. The third-order valence-electron chi connectivity index (χ3n) is 8.61.